The lowest BCUT2D eigenvalue weighted by atomic mass is 9.90. The second-order valence-electron chi connectivity index (χ2n) is 5.11. The second-order valence-corrected chi connectivity index (χ2v) is 5.11. The summed E-state index contributed by atoms with van der Waals surface area (Å²) in [6.07, 6.45) is 3.03. The number of nitro groups is 1. The first-order chi connectivity index (χ1) is 9.00. The fraction of sp³-hybridized carbons (Fsp3) is 0.615. The lowest BCUT2D eigenvalue weighted by Gasteiger charge is -2.28. The zero-order valence-electron chi connectivity index (χ0n) is 11.3. The van der Waals surface area contributed by atoms with Gasteiger partial charge in [-0.25, -0.2) is 0 Å². The van der Waals surface area contributed by atoms with Crippen LogP contribution in [0.2, 0.25) is 0 Å². The molecule has 2 heterocycles. The van der Waals surface area contributed by atoms with E-state index in [9.17, 15) is 10.1 Å². The van der Waals surface area contributed by atoms with Gasteiger partial charge < -0.3 is 10.5 Å². The fourth-order valence-corrected chi connectivity index (χ4v) is 2.52. The van der Waals surface area contributed by atoms with E-state index in [4.69, 9.17) is 10.5 Å². The molecule has 0 spiro atoms. The van der Waals surface area contributed by atoms with Gasteiger partial charge in [0, 0.05) is 35.9 Å². The van der Waals surface area contributed by atoms with Crippen molar-refractivity contribution < 1.29 is 9.66 Å². The predicted octanol–water partition coefficient (Wildman–Crippen LogP) is 1.51. The maximum absolute atomic E-state index is 11.1. The smallest absolute Gasteiger partial charge is 0.278 e. The van der Waals surface area contributed by atoms with E-state index in [1.807, 2.05) is 0 Å². The van der Waals surface area contributed by atoms with Gasteiger partial charge >= 0.3 is 0 Å². The van der Waals surface area contributed by atoms with Gasteiger partial charge in [-0.05, 0) is 26.7 Å². The molecular weight excluding hydrogens is 246 g/mol. The van der Waals surface area contributed by atoms with Crippen LogP contribution in [0.25, 0.3) is 0 Å². The zero-order valence-corrected chi connectivity index (χ0v) is 11.3. The number of nitrogens with zero attached hydrogens (tertiary/aromatic N) is 2. The molecular formula is C13H19N3O3. The fourth-order valence-electron chi connectivity index (χ4n) is 2.52. The average Bonchev–Trinajstić information content (AvgIpc) is 2.35. The summed E-state index contributed by atoms with van der Waals surface area (Å²) in [6, 6.07) is 0.0790. The van der Waals surface area contributed by atoms with Gasteiger partial charge in [-0.3, -0.25) is 15.1 Å². The van der Waals surface area contributed by atoms with Gasteiger partial charge in [0.05, 0.1) is 17.2 Å². The summed E-state index contributed by atoms with van der Waals surface area (Å²) in [7, 11) is 0. The number of nitrogens with two attached hydrogens (primary N) is 1. The number of rotatable bonds is 3. The Morgan fingerprint density at radius 3 is 2.95 bits per heavy atom. The molecule has 19 heavy (non-hydrogen) atoms. The van der Waals surface area contributed by atoms with Crippen LogP contribution in [-0.2, 0) is 11.2 Å². The quantitative estimate of drug-likeness (QED) is 0.660. The summed E-state index contributed by atoms with van der Waals surface area (Å²) in [5.41, 5.74) is 8.21. The molecule has 2 unspecified atom stereocenters. The number of aryl methyl sites for hydroxylation is 1. The van der Waals surface area contributed by atoms with Crippen molar-refractivity contribution in [3.63, 3.8) is 0 Å². The van der Waals surface area contributed by atoms with E-state index >= 15 is 0 Å². The van der Waals surface area contributed by atoms with Crippen LogP contribution in [0, 0.1) is 29.9 Å². The Kier molecular flexibility index (Phi) is 4.11. The first kappa shape index (κ1) is 13.9. The molecule has 1 aromatic rings. The van der Waals surface area contributed by atoms with E-state index in [-0.39, 0.29) is 22.6 Å². The predicted molar refractivity (Wildman–Crippen MR) is 71.0 cm³/mol. The first-order valence-corrected chi connectivity index (χ1v) is 6.43. The van der Waals surface area contributed by atoms with Crippen molar-refractivity contribution >= 4 is 5.69 Å². The van der Waals surface area contributed by atoms with Crippen LogP contribution in [-0.4, -0.2) is 29.2 Å². The lowest BCUT2D eigenvalue weighted by molar-refractivity contribution is -0.386. The molecule has 1 aromatic heterocycles. The third-order valence-corrected chi connectivity index (χ3v) is 3.75. The van der Waals surface area contributed by atoms with Crippen LogP contribution >= 0.6 is 0 Å². The molecule has 1 aliphatic rings. The maximum atomic E-state index is 11.1. The van der Waals surface area contributed by atoms with Crippen molar-refractivity contribution in [2.75, 3.05) is 13.2 Å². The molecule has 1 aliphatic heterocycles. The Morgan fingerprint density at radius 2 is 2.32 bits per heavy atom. The molecule has 104 valence electrons. The molecule has 2 atom stereocenters. The summed E-state index contributed by atoms with van der Waals surface area (Å²) < 4.78 is 5.42. The van der Waals surface area contributed by atoms with Gasteiger partial charge in [-0.2, -0.15) is 0 Å². The third kappa shape index (κ3) is 2.90. The van der Waals surface area contributed by atoms with Gasteiger partial charge in [0.1, 0.15) is 0 Å². The minimum Gasteiger partial charge on any atom is -0.381 e. The van der Waals surface area contributed by atoms with Gasteiger partial charge in [0.25, 0.3) is 5.69 Å². The van der Waals surface area contributed by atoms with E-state index in [1.165, 1.54) is 0 Å². The molecule has 6 nitrogen and oxygen atoms in total. The van der Waals surface area contributed by atoms with Crippen molar-refractivity contribution in [2.24, 2.45) is 11.7 Å². The molecule has 0 saturated carbocycles. The summed E-state index contributed by atoms with van der Waals surface area (Å²) in [5.74, 6) is 0.183. The Morgan fingerprint density at radius 1 is 1.58 bits per heavy atom. The number of aromatic nitrogens is 1. The van der Waals surface area contributed by atoms with Crippen LogP contribution in [0.15, 0.2) is 6.20 Å². The van der Waals surface area contributed by atoms with E-state index in [0.29, 0.717) is 30.8 Å². The number of ether oxygens (including phenoxy) is 1. The highest BCUT2D eigenvalue weighted by molar-refractivity contribution is 5.47. The molecule has 1 saturated heterocycles. The molecule has 2 rings (SSSR count). The van der Waals surface area contributed by atoms with Crippen LogP contribution < -0.4 is 5.73 Å². The van der Waals surface area contributed by atoms with Crippen molar-refractivity contribution in [3.05, 3.63) is 33.1 Å². The number of hydrogen-bond donors (Lipinski definition) is 1. The Hall–Kier alpha value is -1.53. The van der Waals surface area contributed by atoms with E-state index in [0.717, 1.165) is 12.1 Å². The van der Waals surface area contributed by atoms with Crippen molar-refractivity contribution in [1.29, 1.82) is 0 Å². The highest BCUT2D eigenvalue weighted by atomic mass is 16.6. The normalized spacial score (nSPS) is 23.3. The highest BCUT2D eigenvalue weighted by Crippen LogP contribution is 2.27. The summed E-state index contributed by atoms with van der Waals surface area (Å²) in [4.78, 5) is 15.1. The van der Waals surface area contributed by atoms with Crippen LogP contribution in [0.3, 0.4) is 0 Å². The minimum absolute atomic E-state index is 0.0790. The van der Waals surface area contributed by atoms with E-state index < -0.39 is 0 Å². The molecule has 1 fully saturated rings. The molecule has 0 radical (unpaired) electrons. The number of pyridine rings is 1. The highest BCUT2D eigenvalue weighted by Gasteiger charge is 2.26. The molecule has 0 bridgehead atoms. The molecule has 0 amide bonds. The van der Waals surface area contributed by atoms with Gasteiger partial charge in [-0.1, -0.05) is 0 Å². The molecule has 2 N–H and O–H groups in total. The van der Waals surface area contributed by atoms with Crippen LogP contribution in [0.1, 0.15) is 23.2 Å². The van der Waals surface area contributed by atoms with E-state index in [2.05, 4.69) is 4.98 Å². The van der Waals surface area contributed by atoms with Crippen LogP contribution in [0.5, 0.6) is 0 Å². The Labute approximate surface area is 112 Å². The average molecular weight is 265 g/mol. The van der Waals surface area contributed by atoms with Crippen molar-refractivity contribution in [1.82, 2.24) is 4.98 Å². The second kappa shape index (κ2) is 5.63. The number of hydrogen-bond acceptors (Lipinski definition) is 5. The maximum Gasteiger partial charge on any atom is 0.278 e. The molecule has 6 heteroatoms. The zero-order chi connectivity index (χ0) is 14.0. The summed E-state index contributed by atoms with van der Waals surface area (Å²) in [6.45, 7) is 4.75. The van der Waals surface area contributed by atoms with Gasteiger partial charge in [0.15, 0.2) is 0 Å². The van der Waals surface area contributed by atoms with E-state index in [1.54, 1.807) is 20.0 Å². The monoisotopic (exact) mass is 265 g/mol. The summed E-state index contributed by atoms with van der Waals surface area (Å²) in [5, 5.41) is 11.1. The third-order valence-electron chi connectivity index (χ3n) is 3.75. The molecule has 0 aromatic carbocycles. The van der Waals surface area contributed by atoms with Crippen molar-refractivity contribution in [2.45, 2.75) is 32.7 Å². The largest absolute Gasteiger partial charge is 0.381 e. The SMILES string of the molecule is Cc1cnc(CC2COCCC2N)c(C)c1[N+](=O)[O-]. The Bertz CT molecular complexity index is 490. The minimum atomic E-state index is -0.340. The summed E-state index contributed by atoms with van der Waals surface area (Å²) >= 11 is 0. The Balaban J connectivity index is 2.25. The topological polar surface area (TPSA) is 91.3 Å². The lowest BCUT2D eigenvalue weighted by Crippen LogP contribution is -2.40. The van der Waals surface area contributed by atoms with Gasteiger partial charge in [0.2, 0.25) is 0 Å². The van der Waals surface area contributed by atoms with Gasteiger partial charge in [-0.15, -0.1) is 0 Å². The standard InChI is InChI=1S/C13H19N3O3/c1-8-6-15-12(9(2)13(8)16(17)18)5-10-7-19-4-3-11(10)14/h6,10-11H,3-5,7,14H2,1-2H3. The van der Waals surface area contributed by atoms with Crippen LogP contribution in [0.4, 0.5) is 5.69 Å². The first-order valence-electron chi connectivity index (χ1n) is 6.43. The van der Waals surface area contributed by atoms with Crippen molar-refractivity contribution in [3.8, 4) is 0 Å². The molecule has 0 aliphatic carbocycles.